The highest BCUT2D eigenvalue weighted by Gasteiger charge is 2.49. The van der Waals surface area contributed by atoms with Crippen molar-refractivity contribution in [3.8, 4) is 0 Å². The second kappa shape index (κ2) is 6.40. The van der Waals surface area contributed by atoms with Crippen LogP contribution in [-0.2, 0) is 14.3 Å². The average Bonchev–Trinajstić information content (AvgIpc) is 2.74. The van der Waals surface area contributed by atoms with E-state index in [-0.39, 0.29) is 12.5 Å². The lowest BCUT2D eigenvalue weighted by atomic mass is 9.94. The maximum atomic E-state index is 12.0. The zero-order valence-corrected chi connectivity index (χ0v) is 11.4. The predicted molar refractivity (Wildman–Crippen MR) is 71.4 cm³/mol. The number of carbonyl (C=O) groups excluding carboxylic acids is 1. The number of aliphatic hydroxyl groups is 3. The molecule has 10 heteroatoms. The van der Waals surface area contributed by atoms with Gasteiger partial charge in [-0.2, -0.15) is 4.99 Å². The molecule has 22 heavy (non-hydrogen) atoms. The number of aliphatic hydroxyl groups excluding tert-OH is 3. The second-order valence-corrected chi connectivity index (χ2v) is 5.02. The lowest BCUT2D eigenvalue weighted by molar-refractivity contribution is -0.131. The minimum atomic E-state index is -1.37. The van der Waals surface area contributed by atoms with Crippen LogP contribution in [0.1, 0.15) is 0 Å². The lowest BCUT2D eigenvalue weighted by Crippen LogP contribution is -2.50. The number of guanidine groups is 1. The molecule has 2 aliphatic heterocycles. The van der Waals surface area contributed by atoms with Crippen LogP contribution in [0, 0.1) is 5.92 Å². The molecule has 0 aliphatic carbocycles. The van der Waals surface area contributed by atoms with Gasteiger partial charge in [0.2, 0.25) is 5.96 Å². The van der Waals surface area contributed by atoms with Crippen molar-refractivity contribution in [3.63, 3.8) is 0 Å². The predicted octanol–water partition coefficient (Wildman–Crippen LogP) is -3.16. The first kappa shape index (κ1) is 16.4. The number of amides is 1. The van der Waals surface area contributed by atoms with Crippen LogP contribution in [0.25, 0.3) is 0 Å². The molecule has 1 amide bonds. The molecule has 2 aliphatic rings. The monoisotopic (exact) mass is 315 g/mol. The maximum Gasteiger partial charge on any atom is 0.329 e. The van der Waals surface area contributed by atoms with Crippen molar-refractivity contribution in [1.82, 2.24) is 4.90 Å². The molecule has 0 spiro atoms. The van der Waals surface area contributed by atoms with Crippen molar-refractivity contribution in [2.45, 2.75) is 24.4 Å². The molecule has 1 saturated heterocycles. The molecule has 6 N–H and O–H groups in total. The smallest absolute Gasteiger partial charge is 0.329 e. The number of rotatable bonds is 4. The molecule has 5 unspecified atom stereocenters. The molecule has 0 radical (unpaired) electrons. The fourth-order valence-corrected chi connectivity index (χ4v) is 2.44. The first-order chi connectivity index (χ1) is 10.3. The highest BCUT2D eigenvalue weighted by molar-refractivity contribution is 5.97. The summed E-state index contributed by atoms with van der Waals surface area (Å²) < 4.78 is 5.31. The third-order valence-electron chi connectivity index (χ3n) is 3.60. The van der Waals surface area contributed by atoms with Crippen molar-refractivity contribution in [3.05, 3.63) is 12.3 Å². The first-order valence-electron chi connectivity index (χ1n) is 6.53. The molecule has 1 fully saturated rings. The quantitative estimate of drug-likeness (QED) is 0.336. The summed E-state index contributed by atoms with van der Waals surface area (Å²) in [6, 6.07) is 0. The summed E-state index contributed by atoms with van der Waals surface area (Å²) in [5.41, 5.74) is 5.55. The summed E-state index contributed by atoms with van der Waals surface area (Å²) in [6.45, 7) is -0.575. The molecule has 0 aromatic carbocycles. The maximum absolute atomic E-state index is 12.0. The molecule has 0 saturated carbocycles. The standard InChI is InChI=1S/C12H17N3O7/c13-12-14-11(21)5(3-15(12)2-1-7(17)18)10-9(20)8(19)6(4-16)22-10/h1-2,5-6,8-10,16,19-20H,3-4H2,(H,17,18)(H2,13,14,21)/b2-1+. The molecule has 5 atom stereocenters. The Morgan fingerprint density at radius 1 is 1.45 bits per heavy atom. The highest BCUT2D eigenvalue weighted by atomic mass is 16.6. The van der Waals surface area contributed by atoms with Crippen LogP contribution in [0.2, 0.25) is 0 Å². The molecule has 10 nitrogen and oxygen atoms in total. The number of carbonyl (C=O) groups is 2. The van der Waals surface area contributed by atoms with E-state index in [1.807, 2.05) is 0 Å². The van der Waals surface area contributed by atoms with Crippen LogP contribution in [0.5, 0.6) is 0 Å². The van der Waals surface area contributed by atoms with Crippen molar-refractivity contribution in [2.75, 3.05) is 13.2 Å². The molecule has 0 bridgehead atoms. The van der Waals surface area contributed by atoms with Gasteiger partial charge in [0.1, 0.15) is 24.4 Å². The van der Waals surface area contributed by atoms with E-state index in [4.69, 9.17) is 20.7 Å². The Morgan fingerprint density at radius 3 is 2.68 bits per heavy atom. The largest absolute Gasteiger partial charge is 0.478 e. The number of hydrogen-bond acceptors (Lipinski definition) is 8. The van der Waals surface area contributed by atoms with Gasteiger partial charge in [0.25, 0.3) is 5.91 Å². The summed E-state index contributed by atoms with van der Waals surface area (Å²) >= 11 is 0. The van der Waals surface area contributed by atoms with Crippen LogP contribution in [0.4, 0.5) is 0 Å². The summed E-state index contributed by atoms with van der Waals surface area (Å²) in [5, 5.41) is 37.4. The van der Waals surface area contributed by atoms with E-state index < -0.39 is 48.8 Å². The van der Waals surface area contributed by atoms with Gasteiger partial charge in [0.15, 0.2) is 0 Å². The van der Waals surface area contributed by atoms with Gasteiger partial charge in [-0.15, -0.1) is 0 Å². The highest BCUT2D eigenvalue weighted by Crippen LogP contribution is 2.29. The van der Waals surface area contributed by atoms with Crippen LogP contribution in [-0.4, -0.2) is 80.7 Å². The van der Waals surface area contributed by atoms with Gasteiger partial charge in [-0.05, 0) is 0 Å². The number of ether oxygens (including phenoxy) is 1. The summed E-state index contributed by atoms with van der Waals surface area (Å²) in [4.78, 5) is 27.3. The molecule has 122 valence electrons. The van der Waals surface area contributed by atoms with Crippen LogP contribution in [0.3, 0.4) is 0 Å². The zero-order valence-electron chi connectivity index (χ0n) is 11.4. The van der Waals surface area contributed by atoms with Crippen molar-refractivity contribution in [1.29, 1.82) is 0 Å². The number of aliphatic carboxylic acids is 1. The van der Waals surface area contributed by atoms with E-state index in [1.165, 1.54) is 4.90 Å². The van der Waals surface area contributed by atoms with E-state index in [2.05, 4.69) is 4.99 Å². The molecular formula is C12H17N3O7. The van der Waals surface area contributed by atoms with Gasteiger partial charge >= 0.3 is 5.97 Å². The van der Waals surface area contributed by atoms with Gasteiger partial charge in [-0.1, -0.05) is 0 Å². The molecule has 0 aromatic heterocycles. The Bertz CT molecular complexity index is 521. The number of nitrogens with zero attached hydrogens (tertiary/aromatic N) is 2. The van der Waals surface area contributed by atoms with Gasteiger partial charge in [0.05, 0.1) is 12.5 Å². The second-order valence-electron chi connectivity index (χ2n) is 5.02. The van der Waals surface area contributed by atoms with E-state index in [0.29, 0.717) is 0 Å². The Morgan fingerprint density at radius 2 is 2.14 bits per heavy atom. The normalized spacial score (nSPS) is 36.0. The number of carboxylic acids is 1. The SMILES string of the molecule is NC1=NC(=O)C(C2OC(CO)C(O)C2O)CN1/C=C/C(=O)O. The number of hydrogen-bond donors (Lipinski definition) is 5. The Kier molecular flexibility index (Phi) is 4.76. The third kappa shape index (κ3) is 3.09. The van der Waals surface area contributed by atoms with Crippen LogP contribution < -0.4 is 5.73 Å². The first-order valence-corrected chi connectivity index (χ1v) is 6.53. The average molecular weight is 315 g/mol. The number of nitrogens with two attached hydrogens (primary N) is 1. The Labute approximate surface area is 125 Å². The summed E-state index contributed by atoms with van der Waals surface area (Å²) in [7, 11) is 0. The lowest BCUT2D eigenvalue weighted by Gasteiger charge is -2.31. The van der Waals surface area contributed by atoms with E-state index in [1.54, 1.807) is 0 Å². The Hall–Kier alpha value is -2.01. The topological polar surface area (TPSA) is 166 Å². The van der Waals surface area contributed by atoms with Crippen molar-refractivity contribution < 1.29 is 34.8 Å². The van der Waals surface area contributed by atoms with Crippen LogP contribution >= 0.6 is 0 Å². The number of aliphatic imine (C=N–C) groups is 1. The van der Waals surface area contributed by atoms with Gasteiger partial charge < -0.3 is 35.8 Å². The molecule has 0 aromatic rings. The van der Waals surface area contributed by atoms with Gasteiger partial charge in [0, 0.05) is 18.8 Å². The fourth-order valence-electron chi connectivity index (χ4n) is 2.44. The summed E-state index contributed by atoms with van der Waals surface area (Å²) in [5.74, 6) is -2.97. The fraction of sp³-hybridized carbons (Fsp3) is 0.583. The zero-order chi connectivity index (χ0) is 16.4. The molecule has 2 heterocycles. The third-order valence-corrected chi connectivity index (χ3v) is 3.60. The van der Waals surface area contributed by atoms with Gasteiger partial charge in [-0.3, -0.25) is 4.79 Å². The number of carboxylic acid groups (broad SMARTS) is 1. The minimum absolute atomic E-state index is 0.0649. The van der Waals surface area contributed by atoms with Crippen molar-refractivity contribution in [2.24, 2.45) is 16.6 Å². The molecular weight excluding hydrogens is 298 g/mol. The van der Waals surface area contributed by atoms with E-state index >= 15 is 0 Å². The molecule has 2 rings (SSSR count). The van der Waals surface area contributed by atoms with Crippen LogP contribution in [0.15, 0.2) is 17.3 Å². The summed E-state index contributed by atoms with van der Waals surface area (Å²) in [6.07, 6.45) is -2.80. The minimum Gasteiger partial charge on any atom is -0.478 e. The Balaban J connectivity index is 2.18. The van der Waals surface area contributed by atoms with E-state index in [0.717, 1.165) is 12.3 Å². The van der Waals surface area contributed by atoms with Crippen molar-refractivity contribution >= 4 is 17.8 Å². The van der Waals surface area contributed by atoms with Gasteiger partial charge in [-0.25, -0.2) is 4.79 Å². The van der Waals surface area contributed by atoms with E-state index in [9.17, 15) is 19.8 Å².